The summed E-state index contributed by atoms with van der Waals surface area (Å²) in [4.78, 5) is 0. The first kappa shape index (κ1) is 16.5. The van der Waals surface area contributed by atoms with Crippen LogP contribution in [0.1, 0.15) is 31.0 Å². The Balaban J connectivity index is 2.02. The van der Waals surface area contributed by atoms with Crippen LogP contribution in [0.4, 0.5) is 4.39 Å². The van der Waals surface area contributed by atoms with Crippen LogP contribution in [-0.2, 0) is 5.60 Å². The summed E-state index contributed by atoms with van der Waals surface area (Å²) in [7, 11) is 1.64. The van der Waals surface area contributed by atoms with Gasteiger partial charge in [-0.1, -0.05) is 24.3 Å². The van der Waals surface area contributed by atoms with E-state index in [4.69, 9.17) is 4.74 Å². The van der Waals surface area contributed by atoms with Crippen LogP contribution in [0.3, 0.4) is 0 Å². The van der Waals surface area contributed by atoms with E-state index in [2.05, 4.69) is 5.32 Å². The molecule has 2 aromatic rings. The molecule has 2 N–H and O–H groups in total. The predicted molar refractivity (Wildman–Crippen MR) is 85.4 cm³/mol. The van der Waals surface area contributed by atoms with E-state index in [-0.39, 0.29) is 11.9 Å². The molecule has 3 nitrogen and oxygen atoms in total. The first-order valence-electron chi connectivity index (χ1n) is 7.28. The molecule has 0 bridgehead atoms. The van der Waals surface area contributed by atoms with Gasteiger partial charge in [0.2, 0.25) is 0 Å². The minimum atomic E-state index is -1.07. The van der Waals surface area contributed by atoms with Crippen molar-refractivity contribution in [3.8, 4) is 5.75 Å². The van der Waals surface area contributed by atoms with E-state index in [0.717, 1.165) is 11.3 Å². The van der Waals surface area contributed by atoms with Crippen LogP contribution in [0, 0.1) is 5.82 Å². The van der Waals surface area contributed by atoms with E-state index in [1.807, 2.05) is 31.2 Å². The molecule has 0 aliphatic heterocycles. The molecule has 4 heteroatoms. The van der Waals surface area contributed by atoms with E-state index in [1.165, 1.54) is 12.1 Å². The third-order valence-electron chi connectivity index (χ3n) is 3.81. The maximum atomic E-state index is 13.0. The number of benzene rings is 2. The van der Waals surface area contributed by atoms with Crippen molar-refractivity contribution in [2.45, 2.75) is 25.5 Å². The van der Waals surface area contributed by atoms with E-state index in [9.17, 15) is 9.50 Å². The van der Waals surface area contributed by atoms with Crippen molar-refractivity contribution in [1.29, 1.82) is 0 Å². The number of hydrogen-bond donors (Lipinski definition) is 2. The number of methoxy groups -OCH3 is 1. The van der Waals surface area contributed by atoms with Crippen molar-refractivity contribution in [2.24, 2.45) is 0 Å². The van der Waals surface area contributed by atoms with Crippen molar-refractivity contribution in [2.75, 3.05) is 13.7 Å². The summed E-state index contributed by atoms with van der Waals surface area (Å²) >= 11 is 0. The summed E-state index contributed by atoms with van der Waals surface area (Å²) in [5.74, 6) is 0.494. The molecule has 0 aliphatic carbocycles. The summed E-state index contributed by atoms with van der Waals surface area (Å²) in [5, 5.41) is 13.9. The zero-order valence-electron chi connectivity index (χ0n) is 13.1. The highest BCUT2D eigenvalue weighted by molar-refractivity contribution is 5.30. The van der Waals surface area contributed by atoms with Crippen molar-refractivity contribution >= 4 is 0 Å². The maximum absolute atomic E-state index is 13.0. The standard InChI is InChI=1S/C18H22FNO2/c1-13(14-5-4-6-17(11-14)22-3)20-12-18(2,21)15-7-9-16(19)10-8-15/h4-11,13,20-21H,12H2,1-3H3. The number of ether oxygens (including phenoxy) is 1. The Bertz CT molecular complexity index is 611. The number of halogens is 1. The van der Waals surface area contributed by atoms with Gasteiger partial charge in [-0.3, -0.25) is 0 Å². The van der Waals surface area contributed by atoms with Gasteiger partial charge in [0.15, 0.2) is 0 Å². The minimum Gasteiger partial charge on any atom is -0.497 e. The Hall–Kier alpha value is -1.91. The van der Waals surface area contributed by atoms with E-state index in [0.29, 0.717) is 12.1 Å². The Morgan fingerprint density at radius 1 is 1.23 bits per heavy atom. The number of nitrogens with one attached hydrogen (secondary N) is 1. The third kappa shape index (κ3) is 4.06. The molecular formula is C18H22FNO2. The fourth-order valence-electron chi connectivity index (χ4n) is 2.29. The van der Waals surface area contributed by atoms with Gasteiger partial charge in [-0.25, -0.2) is 4.39 Å². The monoisotopic (exact) mass is 303 g/mol. The molecule has 22 heavy (non-hydrogen) atoms. The quantitative estimate of drug-likeness (QED) is 0.859. The Morgan fingerprint density at radius 2 is 1.91 bits per heavy atom. The Morgan fingerprint density at radius 3 is 2.55 bits per heavy atom. The molecule has 0 radical (unpaired) electrons. The molecule has 0 aromatic heterocycles. The summed E-state index contributed by atoms with van der Waals surface area (Å²) < 4.78 is 18.2. The highest BCUT2D eigenvalue weighted by atomic mass is 19.1. The summed E-state index contributed by atoms with van der Waals surface area (Å²) in [6.45, 7) is 4.10. The van der Waals surface area contributed by atoms with Crippen LogP contribution >= 0.6 is 0 Å². The molecule has 0 spiro atoms. The molecule has 118 valence electrons. The van der Waals surface area contributed by atoms with Gasteiger partial charge in [-0.15, -0.1) is 0 Å². The molecule has 0 fully saturated rings. The zero-order chi connectivity index (χ0) is 16.2. The first-order chi connectivity index (χ1) is 10.4. The van der Waals surface area contributed by atoms with Crippen LogP contribution in [0.5, 0.6) is 5.75 Å². The highest BCUT2D eigenvalue weighted by Gasteiger charge is 2.23. The largest absolute Gasteiger partial charge is 0.497 e. The van der Waals surface area contributed by atoms with Gasteiger partial charge in [0.25, 0.3) is 0 Å². The number of rotatable bonds is 6. The Labute approximate surface area is 130 Å². The van der Waals surface area contributed by atoms with Crippen LogP contribution in [0.15, 0.2) is 48.5 Å². The van der Waals surface area contributed by atoms with Crippen molar-refractivity contribution in [3.05, 3.63) is 65.5 Å². The van der Waals surface area contributed by atoms with Gasteiger partial charge in [0.1, 0.15) is 11.6 Å². The molecular weight excluding hydrogens is 281 g/mol. The third-order valence-corrected chi connectivity index (χ3v) is 3.81. The van der Waals surface area contributed by atoms with E-state index < -0.39 is 5.60 Å². The van der Waals surface area contributed by atoms with Crippen LogP contribution in [-0.4, -0.2) is 18.8 Å². The lowest BCUT2D eigenvalue weighted by Crippen LogP contribution is -2.36. The lowest BCUT2D eigenvalue weighted by atomic mass is 9.95. The molecule has 2 unspecified atom stereocenters. The van der Waals surface area contributed by atoms with Gasteiger partial charge in [0, 0.05) is 12.6 Å². The fraction of sp³-hybridized carbons (Fsp3) is 0.333. The number of aliphatic hydroxyl groups is 1. The average Bonchev–Trinajstić information content (AvgIpc) is 2.53. The second-order valence-electron chi connectivity index (χ2n) is 5.66. The van der Waals surface area contributed by atoms with Crippen LogP contribution < -0.4 is 10.1 Å². The Kier molecular flexibility index (Phi) is 5.16. The van der Waals surface area contributed by atoms with E-state index >= 15 is 0 Å². The van der Waals surface area contributed by atoms with Crippen molar-refractivity contribution < 1.29 is 14.2 Å². The molecule has 0 saturated carbocycles. The highest BCUT2D eigenvalue weighted by Crippen LogP contribution is 2.23. The minimum absolute atomic E-state index is 0.0574. The molecule has 0 heterocycles. The molecule has 2 rings (SSSR count). The SMILES string of the molecule is COc1cccc(C(C)NCC(C)(O)c2ccc(F)cc2)c1. The lowest BCUT2D eigenvalue weighted by Gasteiger charge is -2.27. The summed E-state index contributed by atoms with van der Waals surface area (Å²) in [6, 6.07) is 13.8. The van der Waals surface area contributed by atoms with Crippen LogP contribution in [0.25, 0.3) is 0 Å². The van der Waals surface area contributed by atoms with Gasteiger partial charge in [-0.05, 0) is 49.2 Å². The number of hydrogen-bond acceptors (Lipinski definition) is 3. The van der Waals surface area contributed by atoms with E-state index in [1.54, 1.807) is 26.2 Å². The topological polar surface area (TPSA) is 41.5 Å². The van der Waals surface area contributed by atoms with Gasteiger partial charge >= 0.3 is 0 Å². The molecule has 2 atom stereocenters. The smallest absolute Gasteiger partial charge is 0.123 e. The molecule has 2 aromatic carbocycles. The second-order valence-corrected chi connectivity index (χ2v) is 5.66. The molecule has 0 saturated heterocycles. The van der Waals surface area contributed by atoms with Crippen molar-refractivity contribution in [1.82, 2.24) is 5.32 Å². The second kappa shape index (κ2) is 6.90. The predicted octanol–water partition coefficient (Wildman–Crippen LogP) is 3.39. The molecule has 0 amide bonds. The molecule has 0 aliphatic rings. The van der Waals surface area contributed by atoms with Gasteiger partial charge in [-0.2, -0.15) is 0 Å². The lowest BCUT2D eigenvalue weighted by molar-refractivity contribution is 0.0543. The fourth-order valence-corrected chi connectivity index (χ4v) is 2.29. The summed E-state index contributed by atoms with van der Waals surface area (Å²) in [5.41, 5.74) is 0.689. The summed E-state index contributed by atoms with van der Waals surface area (Å²) in [6.07, 6.45) is 0. The maximum Gasteiger partial charge on any atom is 0.123 e. The van der Waals surface area contributed by atoms with Gasteiger partial charge in [0.05, 0.1) is 12.7 Å². The first-order valence-corrected chi connectivity index (χ1v) is 7.28. The average molecular weight is 303 g/mol. The van der Waals surface area contributed by atoms with Crippen molar-refractivity contribution in [3.63, 3.8) is 0 Å². The van der Waals surface area contributed by atoms with Crippen LogP contribution in [0.2, 0.25) is 0 Å². The normalized spacial score (nSPS) is 15.1. The van der Waals surface area contributed by atoms with Gasteiger partial charge < -0.3 is 15.2 Å². The zero-order valence-corrected chi connectivity index (χ0v) is 13.1.